The van der Waals surface area contributed by atoms with Crippen LogP contribution in [0.25, 0.3) is 11.0 Å². The quantitative estimate of drug-likeness (QED) is 0.582. The Labute approximate surface area is 85.3 Å². The molecule has 80 valence electrons. The van der Waals surface area contributed by atoms with Gasteiger partial charge in [0.2, 0.25) is 0 Å². The van der Waals surface area contributed by atoms with Crippen LogP contribution >= 0.6 is 0 Å². The van der Waals surface area contributed by atoms with Crippen molar-refractivity contribution in [2.45, 2.75) is 6.61 Å². The van der Waals surface area contributed by atoms with E-state index in [0.717, 1.165) is 5.69 Å². The van der Waals surface area contributed by atoms with Gasteiger partial charge < -0.3 is 15.6 Å². The first-order valence-corrected chi connectivity index (χ1v) is 4.45. The van der Waals surface area contributed by atoms with Gasteiger partial charge >= 0.3 is 0 Å². The molecule has 15 heavy (non-hydrogen) atoms. The monoisotopic (exact) mass is 209 g/mol. The highest BCUT2D eigenvalue weighted by Crippen LogP contribution is 2.16. The molecule has 2 aromatic heterocycles. The van der Waals surface area contributed by atoms with Crippen LogP contribution in [0.3, 0.4) is 0 Å². The number of aromatic nitrogens is 4. The van der Waals surface area contributed by atoms with Crippen molar-refractivity contribution in [2.24, 2.45) is 0 Å². The summed E-state index contributed by atoms with van der Waals surface area (Å²) in [6, 6.07) is 0. The van der Waals surface area contributed by atoms with Gasteiger partial charge in [0.1, 0.15) is 11.8 Å². The first-order chi connectivity index (χ1) is 7.33. The average molecular weight is 209 g/mol. The molecule has 0 aliphatic heterocycles. The molecular formula is C8H11N5O2. The van der Waals surface area contributed by atoms with Crippen LogP contribution in [0.2, 0.25) is 0 Å². The molecule has 0 spiro atoms. The molecule has 0 radical (unpaired) electrons. The minimum Gasteiger partial charge on any atom is -0.394 e. The number of fused-ring (bicyclic) bond motifs is 1. The van der Waals surface area contributed by atoms with Crippen LogP contribution in [0.15, 0.2) is 6.33 Å². The van der Waals surface area contributed by atoms with Crippen molar-refractivity contribution in [3.05, 3.63) is 12.0 Å². The first kappa shape index (κ1) is 9.81. The Balaban J connectivity index is 2.25. The van der Waals surface area contributed by atoms with E-state index in [2.05, 4.69) is 20.2 Å². The highest BCUT2D eigenvalue weighted by molar-refractivity contribution is 5.85. The molecule has 0 aliphatic carbocycles. The molecule has 2 rings (SSSR count). The Morgan fingerprint density at radius 2 is 2.27 bits per heavy atom. The topological polar surface area (TPSA) is 110 Å². The van der Waals surface area contributed by atoms with Crippen molar-refractivity contribution in [1.82, 2.24) is 20.2 Å². The summed E-state index contributed by atoms with van der Waals surface area (Å²) in [4.78, 5) is 7.87. The molecule has 4 N–H and O–H groups in total. The van der Waals surface area contributed by atoms with Gasteiger partial charge in [-0.1, -0.05) is 0 Å². The number of aliphatic hydroxyl groups is 1. The SMILES string of the molecule is Nc1ncnc2c(COCCO)[nH]nc12. The lowest BCUT2D eigenvalue weighted by Gasteiger charge is -1.99. The second-order valence-corrected chi connectivity index (χ2v) is 2.93. The van der Waals surface area contributed by atoms with Crippen LogP contribution < -0.4 is 5.73 Å². The fourth-order valence-electron chi connectivity index (χ4n) is 1.24. The van der Waals surface area contributed by atoms with Gasteiger partial charge in [-0.3, -0.25) is 5.10 Å². The molecule has 0 atom stereocenters. The van der Waals surface area contributed by atoms with E-state index >= 15 is 0 Å². The molecule has 0 fully saturated rings. The molecule has 2 heterocycles. The van der Waals surface area contributed by atoms with Crippen molar-refractivity contribution in [2.75, 3.05) is 18.9 Å². The molecule has 0 aromatic carbocycles. The summed E-state index contributed by atoms with van der Waals surface area (Å²) >= 11 is 0. The molecule has 0 saturated heterocycles. The lowest BCUT2D eigenvalue weighted by Crippen LogP contribution is -2.00. The number of nitrogens with two attached hydrogens (primary N) is 1. The van der Waals surface area contributed by atoms with E-state index in [-0.39, 0.29) is 13.2 Å². The van der Waals surface area contributed by atoms with E-state index in [0.29, 0.717) is 23.5 Å². The fourth-order valence-corrected chi connectivity index (χ4v) is 1.24. The number of anilines is 1. The van der Waals surface area contributed by atoms with Gasteiger partial charge in [0.15, 0.2) is 11.3 Å². The summed E-state index contributed by atoms with van der Waals surface area (Å²) in [7, 11) is 0. The van der Waals surface area contributed by atoms with Gasteiger partial charge in [-0.25, -0.2) is 9.97 Å². The van der Waals surface area contributed by atoms with Crippen LogP contribution in [0, 0.1) is 0 Å². The van der Waals surface area contributed by atoms with E-state index in [9.17, 15) is 0 Å². The Hall–Kier alpha value is -1.73. The summed E-state index contributed by atoms with van der Waals surface area (Å²) in [6.07, 6.45) is 1.38. The highest BCUT2D eigenvalue weighted by atomic mass is 16.5. The molecular weight excluding hydrogens is 198 g/mol. The van der Waals surface area contributed by atoms with Crippen LogP contribution in [0.4, 0.5) is 5.82 Å². The molecule has 2 aromatic rings. The second-order valence-electron chi connectivity index (χ2n) is 2.93. The predicted molar refractivity (Wildman–Crippen MR) is 52.8 cm³/mol. The molecule has 7 nitrogen and oxygen atoms in total. The van der Waals surface area contributed by atoms with E-state index < -0.39 is 0 Å². The summed E-state index contributed by atoms with van der Waals surface area (Å²) in [5.41, 5.74) is 7.53. The number of H-pyrrole nitrogens is 1. The van der Waals surface area contributed by atoms with Crippen LogP contribution in [0.5, 0.6) is 0 Å². The van der Waals surface area contributed by atoms with Crippen LogP contribution in [-0.2, 0) is 11.3 Å². The maximum Gasteiger partial charge on any atom is 0.155 e. The fraction of sp³-hybridized carbons (Fsp3) is 0.375. The third-order valence-corrected chi connectivity index (χ3v) is 1.92. The Morgan fingerprint density at radius 1 is 1.40 bits per heavy atom. The summed E-state index contributed by atoms with van der Waals surface area (Å²) < 4.78 is 5.15. The third kappa shape index (κ3) is 1.88. The van der Waals surface area contributed by atoms with Gasteiger partial charge in [0.05, 0.1) is 25.5 Å². The molecule has 0 aliphatic rings. The molecule has 0 unspecified atom stereocenters. The smallest absolute Gasteiger partial charge is 0.155 e. The number of nitrogens with one attached hydrogen (secondary N) is 1. The van der Waals surface area contributed by atoms with Gasteiger partial charge in [-0.15, -0.1) is 0 Å². The predicted octanol–water partition coefficient (Wildman–Crippen LogP) is -0.556. The standard InChI is InChI=1S/C8H11N5O2/c9-8-7-6(10-4-11-8)5(12-13-7)3-15-2-1-14/h4,14H,1-3H2,(H,12,13)(H2,9,10,11). The van der Waals surface area contributed by atoms with Gasteiger partial charge in [-0.05, 0) is 0 Å². The van der Waals surface area contributed by atoms with Crippen molar-refractivity contribution in [3.63, 3.8) is 0 Å². The lowest BCUT2D eigenvalue weighted by molar-refractivity contribution is 0.0802. The normalized spacial score (nSPS) is 11.0. The third-order valence-electron chi connectivity index (χ3n) is 1.92. The number of rotatable bonds is 4. The van der Waals surface area contributed by atoms with Crippen molar-refractivity contribution < 1.29 is 9.84 Å². The number of ether oxygens (including phenoxy) is 1. The number of nitrogens with zero attached hydrogens (tertiary/aromatic N) is 3. The highest BCUT2D eigenvalue weighted by Gasteiger charge is 2.09. The Kier molecular flexibility index (Phi) is 2.75. The van der Waals surface area contributed by atoms with E-state index in [1.54, 1.807) is 0 Å². The summed E-state index contributed by atoms with van der Waals surface area (Å²) in [5, 5.41) is 15.3. The van der Waals surface area contributed by atoms with E-state index in [1.165, 1.54) is 6.33 Å². The number of hydrogen-bond acceptors (Lipinski definition) is 6. The minimum atomic E-state index is -0.0107. The molecule has 7 heteroatoms. The molecule has 0 bridgehead atoms. The van der Waals surface area contributed by atoms with Gasteiger partial charge in [-0.2, -0.15) is 5.10 Å². The Morgan fingerprint density at radius 3 is 3.07 bits per heavy atom. The van der Waals surface area contributed by atoms with Gasteiger partial charge in [0, 0.05) is 0 Å². The van der Waals surface area contributed by atoms with Crippen LogP contribution in [-0.4, -0.2) is 38.5 Å². The summed E-state index contributed by atoms with van der Waals surface area (Å²) in [6.45, 7) is 0.581. The first-order valence-electron chi connectivity index (χ1n) is 4.45. The molecule has 0 saturated carbocycles. The largest absolute Gasteiger partial charge is 0.394 e. The van der Waals surface area contributed by atoms with Crippen molar-refractivity contribution in [3.8, 4) is 0 Å². The van der Waals surface area contributed by atoms with E-state index in [4.69, 9.17) is 15.6 Å². The lowest BCUT2D eigenvalue weighted by atomic mass is 10.3. The van der Waals surface area contributed by atoms with Crippen molar-refractivity contribution >= 4 is 16.9 Å². The minimum absolute atomic E-state index is 0.0107. The number of aromatic amines is 1. The Bertz CT molecular complexity index is 455. The zero-order valence-corrected chi connectivity index (χ0v) is 7.97. The van der Waals surface area contributed by atoms with Crippen molar-refractivity contribution in [1.29, 1.82) is 0 Å². The zero-order valence-electron chi connectivity index (χ0n) is 7.97. The molecule has 0 amide bonds. The van der Waals surface area contributed by atoms with E-state index in [1.807, 2.05) is 0 Å². The zero-order chi connectivity index (χ0) is 10.7. The number of aliphatic hydroxyl groups excluding tert-OH is 1. The second kappa shape index (κ2) is 4.20. The summed E-state index contributed by atoms with van der Waals surface area (Å²) in [5.74, 6) is 0.338. The maximum atomic E-state index is 8.56. The number of nitrogen functional groups attached to an aromatic ring is 1. The number of hydrogen-bond donors (Lipinski definition) is 3. The average Bonchev–Trinajstić information content (AvgIpc) is 2.64. The van der Waals surface area contributed by atoms with Gasteiger partial charge in [0.25, 0.3) is 0 Å². The van der Waals surface area contributed by atoms with Crippen LogP contribution in [0.1, 0.15) is 5.69 Å². The maximum absolute atomic E-state index is 8.56.